The number of thioether (sulfide) groups is 1. The number of hydrogen-bond acceptors (Lipinski definition) is 5. The molecule has 1 aromatic carbocycles. The number of aromatic nitrogens is 2. The first-order valence-corrected chi connectivity index (χ1v) is 8.45. The molecule has 0 aliphatic rings. The minimum Gasteiger partial charge on any atom is -0.494 e. The quantitative estimate of drug-likeness (QED) is 0.729. The molecular weight excluding hydrogens is 304 g/mol. The number of H-pyrrole nitrogens is 1. The zero-order valence-electron chi connectivity index (χ0n) is 11.5. The van der Waals surface area contributed by atoms with Gasteiger partial charge in [-0.15, -0.1) is 23.1 Å². The number of hydrogen-bond donors (Lipinski definition) is 1. The van der Waals surface area contributed by atoms with Gasteiger partial charge < -0.3 is 9.72 Å². The van der Waals surface area contributed by atoms with Crippen molar-refractivity contribution in [1.29, 1.82) is 0 Å². The monoisotopic (exact) mass is 318 g/mol. The summed E-state index contributed by atoms with van der Waals surface area (Å²) in [6, 6.07) is 9.79. The van der Waals surface area contributed by atoms with Crippen LogP contribution in [0.3, 0.4) is 0 Å². The van der Waals surface area contributed by atoms with Crippen molar-refractivity contribution in [3.05, 3.63) is 51.9 Å². The van der Waals surface area contributed by atoms with Gasteiger partial charge in [0.1, 0.15) is 16.3 Å². The molecule has 2 aromatic heterocycles. The molecule has 0 aliphatic carbocycles. The Kier molecular flexibility index (Phi) is 4.26. The highest BCUT2D eigenvalue weighted by atomic mass is 32.2. The summed E-state index contributed by atoms with van der Waals surface area (Å²) in [5, 5.41) is 1.89. The van der Waals surface area contributed by atoms with E-state index in [2.05, 4.69) is 9.97 Å². The van der Waals surface area contributed by atoms with Gasteiger partial charge in [0.05, 0.1) is 17.9 Å². The van der Waals surface area contributed by atoms with Crippen LogP contribution >= 0.6 is 23.1 Å². The van der Waals surface area contributed by atoms with E-state index >= 15 is 0 Å². The van der Waals surface area contributed by atoms with Crippen LogP contribution in [0.1, 0.15) is 12.7 Å². The molecule has 0 amide bonds. The minimum absolute atomic E-state index is 0.0581. The summed E-state index contributed by atoms with van der Waals surface area (Å²) >= 11 is 3.05. The first-order chi connectivity index (χ1) is 10.3. The molecule has 0 fully saturated rings. The van der Waals surface area contributed by atoms with Crippen LogP contribution in [0, 0.1) is 0 Å². The van der Waals surface area contributed by atoms with E-state index in [0.717, 1.165) is 16.2 Å². The number of fused-ring (bicyclic) bond motifs is 1. The van der Waals surface area contributed by atoms with Crippen LogP contribution in [0.5, 0.6) is 5.75 Å². The van der Waals surface area contributed by atoms with Crippen LogP contribution in [0.15, 0.2) is 45.4 Å². The van der Waals surface area contributed by atoms with E-state index in [-0.39, 0.29) is 5.56 Å². The molecule has 21 heavy (non-hydrogen) atoms. The first-order valence-electron chi connectivity index (χ1n) is 6.58. The Labute approximate surface area is 130 Å². The molecular formula is C15H14N2O2S2. The summed E-state index contributed by atoms with van der Waals surface area (Å²) in [7, 11) is 0. The van der Waals surface area contributed by atoms with Crippen molar-refractivity contribution in [1.82, 2.24) is 9.97 Å². The van der Waals surface area contributed by atoms with E-state index < -0.39 is 0 Å². The fraction of sp³-hybridized carbons (Fsp3) is 0.200. The van der Waals surface area contributed by atoms with E-state index in [4.69, 9.17) is 4.74 Å². The van der Waals surface area contributed by atoms with E-state index in [1.54, 1.807) is 11.8 Å². The average Bonchev–Trinajstić information content (AvgIpc) is 2.96. The molecule has 4 nitrogen and oxygen atoms in total. The highest BCUT2D eigenvalue weighted by Gasteiger charge is 2.05. The molecule has 0 radical (unpaired) electrons. The van der Waals surface area contributed by atoms with E-state index in [9.17, 15) is 4.79 Å². The van der Waals surface area contributed by atoms with Crippen LogP contribution in [0.4, 0.5) is 0 Å². The smallest absolute Gasteiger partial charge is 0.268 e. The van der Waals surface area contributed by atoms with Crippen molar-refractivity contribution < 1.29 is 4.74 Å². The summed E-state index contributed by atoms with van der Waals surface area (Å²) in [4.78, 5) is 20.3. The number of rotatable bonds is 5. The molecule has 0 spiro atoms. The van der Waals surface area contributed by atoms with Crippen LogP contribution in [-0.4, -0.2) is 16.6 Å². The van der Waals surface area contributed by atoms with Crippen LogP contribution in [0.2, 0.25) is 0 Å². The summed E-state index contributed by atoms with van der Waals surface area (Å²) in [6.07, 6.45) is 0. The number of aromatic amines is 1. The van der Waals surface area contributed by atoms with Crippen molar-refractivity contribution in [2.75, 3.05) is 6.61 Å². The lowest BCUT2D eigenvalue weighted by Crippen LogP contribution is -2.09. The molecule has 0 saturated heterocycles. The fourth-order valence-corrected chi connectivity index (χ4v) is 3.43. The lowest BCUT2D eigenvalue weighted by Gasteiger charge is -2.05. The third kappa shape index (κ3) is 3.28. The number of thiophene rings is 1. The molecule has 3 rings (SSSR count). The average molecular weight is 318 g/mol. The lowest BCUT2D eigenvalue weighted by atomic mass is 10.3. The maximum atomic E-state index is 11.9. The number of nitrogens with zero attached hydrogens (tertiary/aromatic N) is 1. The third-order valence-electron chi connectivity index (χ3n) is 2.87. The zero-order chi connectivity index (χ0) is 14.7. The first kappa shape index (κ1) is 14.2. The molecule has 0 aliphatic heterocycles. The van der Waals surface area contributed by atoms with Gasteiger partial charge in [0.25, 0.3) is 5.56 Å². The highest BCUT2D eigenvalue weighted by Crippen LogP contribution is 2.24. The van der Waals surface area contributed by atoms with E-state index in [1.165, 1.54) is 11.3 Å². The SMILES string of the molecule is CCOc1ccc(SCc2nc3ccsc3c(=O)[nH]2)cc1. The lowest BCUT2D eigenvalue weighted by molar-refractivity contribution is 0.340. The molecule has 0 bridgehead atoms. The summed E-state index contributed by atoms with van der Waals surface area (Å²) in [5.74, 6) is 2.20. The van der Waals surface area contributed by atoms with Gasteiger partial charge in [0.15, 0.2) is 0 Å². The van der Waals surface area contributed by atoms with Crippen molar-refractivity contribution in [3.8, 4) is 5.75 Å². The molecule has 0 unspecified atom stereocenters. The van der Waals surface area contributed by atoms with Gasteiger partial charge in [-0.2, -0.15) is 0 Å². The van der Waals surface area contributed by atoms with Gasteiger partial charge in [-0.25, -0.2) is 4.98 Å². The number of nitrogens with one attached hydrogen (secondary N) is 1. The minimum atomic E-state index is -0.0581. The Morgan fingerprint density at radius 1 is 1.29 bits per heavy atom. The normalized spacial score (nSPS) is 10.9. The second-order valence-corrected chi connectivity index (χ2v) is 6.31. The Bertz CT molecular complexity index is 793. The Morgan fingerprint density at radius 2 is 2.10 bits per heavy atom. The van der Waals surface area contributed by atoms with Crippen molar-refractivity contribution >= 4 is 33.3 Å². The van der Waals surface area contributed by atoms with Crippen LogP contribution in [0.25, 0.3) is 10.2 Å². The van der Waals surface area contributed by atoms with Crippen molar-refractivity contribution in [2.24, 2.45) is 0 Å². The van der Waals surface area contributed by atoms with Crippen LogP contribution in [-0.2, 0) is 5.75 Å². The predicted molar refractivity (Wildman–Crippen MR) is 87.4 cm³/mol. The zero-order valence-corrected chi connectivity index (χ0v) is 13.1. The maximum absolute atomic E-state index is 11.9. The maximum Gasteiger partial charge on any atom is 0.268 e. The number of ether oxygens (including phenoxy) is 1. The van der Waals surface area contributed by atoms with Gasteiger partial charge in [0.2, 0.25) is 0 Å². The Morgan fingerprint density at radius 3 is 2.86 bits per heavy atom. The molecule has 0 saturated carbocycles. The Hall–Kier alpha value is -1.79. The molecule has 2 heterocycles. The largest absolute Gasteiger partial charge is 0.494 e. The second kappa shape index (κ2) is 6.32. The van der Waals surface area contributed by atoms with Gasteiger partial charge >= 0.3 is 0 Å². The fourth-order valence-electron chi connectivity index (χ4n) is 1.94. The third-order valence-corrected chi connectivity index (χ3v) is 4.80. The van der Waals surface area contributed by atoms with Gasteiger partial charge in [0, 0.05) is 4.90 Å². The van der Waals surface area contributed by atoms with Crippen LogP contribution < -0.4 is 10.3 Å². The van der Waals surface area contributed by atoms with E-state index in [0.29, 0.717) is 22.9 Å². The second-order valence-electron chi connectivity index (χ2n) is 4.34. The van der Waals surface area contributed by atoms with Gasteiger partial charge in [-0.3, -0.25) is 4.79 Å². The number of benzene rings is 1. The predicted octanol–water partition coefficient (Wildman–Crippen LogP) is 3.68. The molecule has 3 aromatic rings. The summed E-state index contributed by atoms with van der Waals surface area (Å²) in [5.41, 5.74) is 0.711. The summed E-state index contributed by atoms with van der Waals surface area (Å²) < 4.78 is 6.10. The standard InChI is InChI=1S/C15H14N2O2S2/c1-2-19-10-3-5-11(6-4-10)21-9-13-16-12-7-8-20-14(12)15(18)17-13/h3-8H,2,9H2,1H3,(H,16,17,18). The Balaban J connectivity index is 1.72. The van der Waals surface area contributed by atoms with E-state index in [1.807, 2.05) is 42.6 Å². The van der Waals surface area contributed by atoms with Gasteiger partial charge in [-0.1, -0.05) is 0 Å². The molecule has 1 N–H and O–H groups in total. The van der Waals surface area contributed by atoms with Crippen molar-refractivity contribution in [2.45, 2.75) is 17.6 Å². The van der Waals surface area contributed by atoms with Crippen molar-refractivity contribution in [3.63, 3.8) is 0 Å². The molecule has 0 atom stereocenters. The molecule has 6 heteroatoms. The topological polar surface area (TPSA) is 55.0 Å². The molecule has 108 valence electrons. The summed E-state index contributed by atoms with van der Waals surface area (Å²) in [6.45, 7) is 2.63. The highest BCUT2D eigenvalue weighted by molar-refractivity contribution is 7.98. The van der Waals surface area contributed by atoms with Gasteiger partial charge in [-0.05, 0) is 42.6 Å².